The zero-order valence-corrected chi connectivity index (χ0v) is 19.0. The van der Waals surface area contributed by atoms with Gasteiger partial charge in [0.2, 0.25) is 11.8 Å². The first-order valence-corrected chi connectivity index (χ1v) is 12.3. The highest BCUT2D eigenvalue weighted by atomic mass is 32.1. The Bertz CT molecular complexity index is 993. The molecule has 5 rings (SSSR count). The van der Waals surface area contributed by atoms with E-state index >= 15 is 0 Å². The maximum atomic E-state index is 13.1. The van der Waals surface area contributed by atoms with E-state index in [0.717, 1.165) is 74.8 Å². The van der Waals surface area contributed by atoms with Crippen LogP contribution in [0.4, 0.5) is 10.8 Å². The van der Waals surface area contributed by atoms with Gasteiger partial charge in [0.25, 0.3) is 0 Å². The van der Waals surface area contributed by atoms with Crippen molar-refractivity contribution < 1.29 is 9.59 Å². The van der Waals surface area contributed by atoms with E-state index in [0.29, 0.717) is 0 Å². The number of anilines is 2. The number of thiazole rings is 1. The van der Waals surface area contributed by atoms with Crippen molar-refractivity contribution in [2.75, 3.05) is 36.4 Å². The van der Waals surface area contributed by atoms with Gasteiger partial charge < -0.3 is 15.1 Å². The Morgan fingerprint density at radius 3 is 2.71 bits per heavy atom. The SMILES string of the molecule is CC(=O)N1CCN(c2nc3c(s2)CC(C(=O)Nc2cccc4c2CCCC4)CC3)CC1. The Balaban J connectivity index is 1.24. The summed E-state index contributed by atoms with van der Waals surface area (Å²) in [5.74, 6) is 0.302. The molecule has 6 nitrogen and oxygen atoms in total. The van der Waals surface area contributed by atoms with E-state index in [9.17, 15) is 9.59 Å². The molecule has 0 bridgehead atoms. The van der Waals surface area contributed by atoms with Crippen LogP contribution in [-0.4, -0.2) is 47.9 Å². The predicted octanol–water partition coefficient (Wildman–Crippen LogP) is 3.43. The number of aryl methyl sites for hydroxylation is 2. The molecule has 1 aromatic carbocycles. The van der Waals surface area contributed by atoms with Gasteiger partial charge in [0.05, 0.1) is 5.69 Å². The minimum atomic E-state index is 0.00908. The number of aromatic nitrogens is 1. The first-order chi connectivity index (χ1) is 15.1. The van der Waals surface area contributed by atoms with Crippen LogP contribution in [0.25, 0.3) is 0 Å². The van der Waals surface area contributed by atoms with E-state index in [1.165, 1.54) is 28.8 Å². The molecule has 0 saturated carbocycles. The number of fused-ring (bicyclic) bond motifs is 2. The number of rotatable bonds is 3. The van der Waals surface area contributed by atoms with Crippen molar-refractivity contribution >= 4 is 34.0 Å². The van der Waals surface area contributed by atoms with Gasteiger partial charge in [-0.15, -0.1) is 11.3 Å². The number of benzene rings is 1. The lowest BCUT2D eigenvalue weighted by Gasteiger charge is -2.33. The van der Waals surface area contributed by atoms with Gasteiger partial charge in [0.1, 0.15) is 0 Å². The van der Waals surface area contributed by atoms with Crippen molar-refractivity contribution in [1.82, 2.24) is 9.88 Å². The summed E-state index contributed by atoms with van der Waals surface area (Å²) in [4.78, 5) is 35.0. The van der Waals surface area contributed by atoms with Gasteiger partial charge in [0, 0.05) is 49.6 Å². The lowest BCUT2D eigenvalue weighted by molar-refractivity contribution is -0.129. The summed E-state index contributed by atoms with van der Waals surface area (Å²) in [6, 6.07) is 6.33. The average molecular weight is 439 g/mol. The monoisotopic (exact) mass is 438 g/mol. The Morgan fingerprint density at radius 1 is 1.10 bits per heavy atom. The Labute approximate surface area is 187 Å². The molecule has 2 amide bonds. The van der Waals surface area contributed by atoms with Crippen LogP contribution < -0.4 is 10.2 Å². The summed E-state index contributed by atoms with van der Waals surface area (Å²) < 4.78 is 0. The van der Waals surface area contributed by atoms with Crippen molar-refractivity contribution in [3.05, 3.63) is 39.9 Å². The molecule has 2 heterocycles. The van der Waals surface area contributed by atoms with E-state index in [2.05, 4.69) is 28.4 Å². The Kier molecular flexibility index (Phi) is 5.69. The molecule has 2 aromatic rings. The molecule has 1 N–H and O–H groups in total. The van der Waals surface area contributed by atoms with Gasteiger partial charge in [-0.1, -0.05) is 12.1 Å². The number of nitrogens with one attached hydrogen (secondary N) is 1. The number of hydrogen-bond donors (Lipinski definition) is 1. The standard InChI is InChI=1S/C24H30N4O2S/c1-16(29)27-11-13-28(14-12-27)24-26-21-10-9-18(15-22(21)31-24)23(30)25-20-8-4-6-17-5-2-3-7-19(17)20/h4,6,8,18H,2-3,5,7,9-15H2,1H3,(H,25,30). The second kappa shape index (κ2) is 8.61. The molecule has 1 saturated heterocycles. The van der Waals surface area contributed by atoms with Crippen LogP contribution in [0.3, 0.4) is 0 Å². The van der Waals surface area contributed by atoms with Crippen LogP contribution in [0.15, 0.2) is 18.2 Å². The van der Waals surface area contributed by atoms with Gasteiger partial charge in [0.15, 0.2) is 5.13 Å². The largest absolute Gasteiger partial charge is 0.345 e. The van der Waals surface area contributed by atoms with Gasteiger partial charge in [-0.2, -0.15) is 0 Å². The highest BCUT2D eigenvalue weighted by Crippen LogP contribution is 2.35. The van der Waals surface area contributed by atoms with E-state index in [1.807, 2.05) is 4.90 Å². The van der Waals surface area contributed by atoms with Crippen molar-refractivity contribution in [2.24, 2.45) is 5.92 Å². The van der Waals surface area contributed by atoms with Crippen molar-refractivity contribution in [1.29, 1.82) is 0 Å². The third-order valence-electron chi connectivity index (χ3n) is 6.95. The van der Waals surface area contributed by atoms with Crippen LogP contribution in [0.5, 0.6) is 0 Å². The fourth-order valence-corrected chi connectivity index (χ4v) is 6.30. The fourth-order valence-electron chi connectivity index (χ4n) is 5.07. The first kappa shape index (κ1) is 20.5. The third-order valence-corrected chi connectivity index (χ3v) is 8.13. The summed E-state index contributed by atoms with van der Waals surface area (Å²) in [6.45, 7) is 4.80. The van der Waals surface area contributed by atoms with E-state index < -0.39 is 0 Å². The van der Waals surface area contributed by atoms with E-state index in [1.54, 1.807) is 18.3 Å². The fraction of sp³-hybridized carbons (Fsp3) is 0.542. The Morgan fingerprint density at radius 2 is 1.90 bits per heavy atom. The number of amides is 2. The molecule has 7 heteroatoms. The summed E-state index contributed by atoms with van der Waals surface area (Å²) in [6.07, 6.45) is 7.14. The second-order valence-corrected chi connectivity index (χ2v) is 10.0. The minimum Gasteiger partial charge on any atom is -0.345 e. The van der Waals surface area contributed by atoms with Crippen molar-refractivity contribution in [2.45, 2.75) is 51.9 Å². The maximum absolute atomic E-state index is 13.1. The van der Waals surface area contributed by atoms with Crippen LogP contribution >= 0.6 is 11.3 Å². The van der Waals surface area contributed by atoms with E-state index in [-0.39, 0.29) is 17.7 Å². The van der Waals surface area contributed by atoms with Gasteiger partial charge in [-0.25, -0.2) is 4.98 Å². The smallest absolute Gasteiger partial charge is 0.227 e. The zero-order valence-electron chi connectivity index (χ0n) is 18.2. The molecule has 164 valence electrons. The summed E-state index contributed by atoms with van der Waals surface area (Å²) in [7, 11) is 0. The van der Waals surface area contributed by atoms with Crippen molar-refractivity contribution in [3.8, 4) is 0 Å². The number of carbonyl (C=O) groups excluding carboxylic acids is 2. The molecule has 31 heavy (non-hydrogen) atoms. The average Bonchev–Trinajstić information content (AvgIpc) is 3.23. The van der Waals surface area contributed by atoms with E-state index in [4.69, 9.17) is 4.98 Å². The first-order valence-electron chi connectivity index (χ1n) is 11.5. The highest BCUT2D eigenvalue weighted by Gasteiger charge is 2.30. The summed E-state index contributed by atoms with van der Waals surface area (Å²) >= 11 is 1.73. The Hall–Kier alpha value is -2.41. The number of carbonyl (C=O) groups is 2. The zero-order chi connectivity index (χ0) is 21.4. The highest BCUT2D eigenvalue weighted by molar-refractivity contribution is 7.15. The molecule has 2 aliphatic carbocycles. The number of nitrogens with zero attached hydrogens (tertiary/aromatic N) is 3. The third kappa shape index (κ3) is 4.20. The summed E-state index contributed by atoms with van der Waals surface area (Å²) in [5, 5.41) is 4.30. The predicted molar refractivity (Wildman–Crippen MR) is 124 cm³/mol. The molecule has 1 fully saturated rings. The molecule has 1 atom stereocenters. The normalized spacial score (nSPS) is 20.7. The molecule has 1 aromatic heterocycles. The molecular weight excluding hydrogens is 408 g/mol. The summed E-state index contributed by atoms with van der Waals surface area (Å²) in [5.41, 5.74) is 4.91. The van der Waals surface area contributed by atoms with Gasteiger partial charge in [-0.3, -0.25) is 9.59 Å². The lowest BCUT2D eigenvalue weighted by atomic mass is 9.88. The quantitative estimate of drug-likeness (QED) is 0.797. The number of hydrogen-bond acceptors (Lipinski definition) is 5. The maximum Gasteiger partial charge on any atom is 0.227 e. The molecule has 1 unspecified atom stereocenters. The van der Waals surface area contributed by atoms with Crippen LogP contribution in [0, 0.1) is 5.92 Å². The molecule has 0 spiro atoms. The van der Waals surface area contributed by atoms with Gasteiger partial charge >= 0.3 is 0 Å². The molecule has 1 aliphatic heterocycles. The van der Waals surface area contributed by atoms with Crippen LogP contribution in [0.2, 0.25) is 0 Å². The van der Waals surface area contributed by atoms with Crippen LogP contribution in [-0.2, 0) is 35.3 Å². The molecule has 3 aliphatic rings. The second-order valence-electron chi connectivity index (χ2n) is 8.94. The minimum absolute atomic E-state index is 0.00908. The topological polar surface area (TPSA) is 65.5 Å². The number of piperazine rings is 1. The van der Waals surface area contributed by atoms with Gasteiger partial charge in [-0.05, 0) is 62.1 Å². The molecule has 0 radical (unpaired) electrons. The lowest BCUT2D eigenvalue weighted by Crippen LogP contribution is -2.48. The van der Waals surface area contributed by atoms with Crippen molar-refractivity contribution in [3.63, 3.8) is 0 Å². The van der Waals surface area contributed by atoms with Crippen LogP contribution in [0.1, 0.15) is 47.9 Å². The molecular formula is C24H30N4O2S.